The van der Waals surface area contributed by atoms with Crippen molar-refractivity contribution in [3.63, 3.8) is 0 Å². The van der Waals surface area contributed by atoms with Gasteiger partial charge in [-0.3, -0.25) is 4.79 Å². The van der Waals surface area contributed by atoms with E-state index < -0.39 is 27.3 Å². The van der Waals surface area contributed by atoms with Crippen LogP contribution in [-0.4, -0.2) is 44.9 Å². The topological polar surface area (TPSA) is 84.9 Å². The van der Waals surface area contributed by atoms with Crippen molar-refractivity contribution in [3.8, 4) is 11.5 Å². The second-order valence-electron chi connectivity index (χ2n) is 7.17. The molecule has 1 aliphatic carbocycles. The average molecular weight is 420 g/mol. The largest absolute Gasteiger partial charge is 0.497 e. The van der Waals surface area contributed by atoms with Crippen molar-refractivity contribution in [2.75, 3.05) is 26.1 Å². The van der Waals surface area contributed by atoms with Gasteiger partial charge in [-0.05, 0) is 49.1 Å². The highest BCUT2D eigenvalue weighted by Crippen LogP contribution is 2.58. The molecule has 29 heavy (non-hydrogen) atoms. The van der Waals surface area contributed by atoms with Gasteiger partial charge >= 0.3 is 0 Å². The summed E-state index contributed by atoms with van der Waals surface area (Å²) in [5.74, 6) is -0.451. The molecular weight excluding hydrogens is 399 g/mol. The minimum absolute atomic E-state index is 0.0511. The lowest BCUT2D eigenvalue weighted by Gasteiger charge is -2.27. The summed E-state index contributed by atoms with van der Waals surface area (Å²) < 4.78 is 52.1. The number of piperidine rings is 1. The first-order valence-corrected chi connectivity index (χ1v) is 10.6. The van der Waals surface area contributed by atoms with Gasteiger partial charge in [-0.15, -0.1) is 0 Å². The third-order valence-electron chi connectivity index (χ3n) is 5.61. The first-order chi connectivity index (χ1) is 13.8. The fourth-order valence-electron chi connectivity index (χ4n) is 4.07. The molecule has 7 nitrogen and oxygen atoms in total. The van der Waals surface area contributed by atoms with Crippen LogP contribution >= 0.6 is 0 Å². The molecule has 4 rings (SSSR count). The van der Waals surface area contributed by atoms with Crippen LogP contribution in [0.2, 0.25) is 0 Å². The van der Waals surface area contributed by atoms with E-state index in [0.717, 1.165) is 0 Å². The van der Waals surface area contributed by atoms with Crippen LogP contribution in [-0.2, 0) is 14.8 Å². The maximum absolute atomic E-state index is 13.5. The lowest BCUT2D eigenvalue weighted by Crippen LogP contribution is -2.47. The molecule has 2 aromatic rings. The molecule has 2 aromatic carbocycles. The maximum Gasteiger partial charge on any atom is 0.247 e. The highest BCUT2D eigenvalue weighted by molar-refractivity contribution is 7.89. The molecule has 1 amide bonds. The molecule has 0 bridgehead atoms. The van der Waals surface area contributed by atoms with Crippen LogP contribution in [0.15, 0.2) is 47.4 Å². The van der Waals surface area contributed by atoms with Crippen molar-refractivity contribution in [1.82, 2.24) is 4.31 Å². The molecule has 0 spiro atoms. The Balaban J connectivity index is 1.69. The molecule has 1 saturated carbocycles. The summed E-state index contributed by atoms with van der Waals surface area (Å²) in [6.07, 6.45) is 1.02. The number of nitrogens with one attached hydrogen (secondary N) is 1. The van der Waals surface area contributed by atoms with Crippen molar-refractivity contribution >= 4 is 21.6 Å². The minimum Gasteiger partial charge on any atom is -0.497 e. The second-order valence-corrected chi connectivity index (χ2v) is 9.00. The van der Waals surface area contributed by atoms with E-state index in [1.165, 1.54) is 48.9 Å². The monoisotopic (exact) mass is 420 g/mol. The Bertz CT molecular complexity index is 1070. The van der Waals surface area contributed by atoms with Crippen molar-refractivity contribution in [2.24, 2.45) is 5.92 Å². The summed E-state index contributed by atoms with van der Waals surface area (Å²) in [5.41, 5.74) is -0.877. The molecule has 0 aromatic heterocycles. The Hall–Kier alpha value is -2.65. The molecule has 2 atom stereocenters. The summed E-state index contributed by atoms with van der Waals surface area (Å²) >= 11 is 0. The zero-order valence-electron chi connectivity index (χ0n) is 16.0. The number of amides is 1. The van der Waals surface area contributed by atoms with Crippen LogP contribution in [0, 0.1) is 11.7 Å². The zero-order valence-corrected chi connectivity index (χ0v) is 16.8. The third kappa shape index (κ3) is 3.14. The molecule has 9 heteroatoms. The van der Waals surface area contributed by atoms with Gasteiger partial charge in [-0.2, -0.15) is 4.31 Å². The SMILES string of the molecule is COc1ccc(OC)c(S(=O)(=O)N2CCC3CC32C(=O)Nc2cccc(F)c2)c1. The van der Waals surface area contributed by atoms with Gasteiger partial charge < -0.3 is 14.8 Å². The van der Waals surface area contributed by atoms with Gasteiger partial charge in [0.25, 0.3) is 0 Å². The normalized spacial score (nSPS) is 23.3. The van der Waals surface area contributed by atoms with E-state index in [0.29, 0.717) is 24.3 Å². The fraction of sp³-hybridized carbons (Fsp3) is 0.350. The van der Waals surface area contributed by atoms with Gasteiger partial charge in [-0.1, -0.05) is 6.07 Å². The number of sulfonamides is 1. The number of ether oxygens (including phenoxy) is 2. The van der Waals surface area contributed by atoms with Gasteiger partial charge in [-0.25, -0.2) is 12.8 Å². The van der Waals surface area contributed by atoms with Crippen LogP contribution in [0.1, 0.15) is 12.8 Å². The van der Waals surface area contributed by atoms with E-state index >= 15 is 0 Å². The number of carbonyl (C=O) groups excluding carboxylic acids is 1. The number of hydrogen-bond acceptors (Lipinski definition) is 5. The molecular formula is C20H21FN2O5S. The number of fused-ring (bicyclic) bond motifs is 1. The Morgan fingerprint density at radius 2 is 2.00 bits per heavy atom. The average Bonchev–Trinajstić information content (AvgIpc) is 3.31. The van der Waals surface area contributed by atoms with Crippen molar-refractivity contribution < 1.29 is 27.1 Å². The summed E-state index contributed by atoms with van der Waals surface area (Å²) in [6.45, 7) is 0.226. The molecule has 2 unspecified atom stereocenters. The summed E-state index contributed by atoms with van der Waals surface area (Å²) in [6, 6.07) is 10.0. The number of hydrogen-bond donors (Lipinski definition) is 1. The van der Waals surface area contributed by atoms with E-state index in [9.17, 15) is 17.6 Å². The maximum atomic E-state index is 13.5. The zero-order chi connectivity index (χ0) is 20.8. The van der Waals surface area contributed by atoms with Crippen molar-refractivity contribution in [2.45, 2.75) is 23.3 Å². The van der Waals surface area contributed by atoms with Crippen LogP contribution in [0.25, 0.3) is 0 Å². The van der Waals surface area contributed by atoms with Gasteiger partial charge in [0.15, 0.2) is 0 Å². The first-order valence-electron chi connectivity index (χ1n) is 9.15. The van der Waals surface area contributed by atoms with Crippen molar-refractivity contribution in [1.29, 1.82) is 0 Å². The molecule has 2 aliphatic rings. The van der Waals surface area contributed by atoms with Gasteiger partial charge in [0.2, 0.25) is 15.9 Å². The van der Waals surface area contributed by atoms with E-state index in [1.54, 1.807) is 12.1 Å². The molecule has 2 fully saturated rings. The van der Waals surface area contributed by atoms with E-state index in [4.69, 9.17) is 9.47 Å². The Morgan fingerprint density at radius 1 is 1.21 bits per heavy atom. The van der Waals surface area contributed by atoms with E-state index in [2.05, 4.69) is 5.32 Å². The lowest BCUT2D eigenvalue weighted by atomic mass is 10.2. The molecule has 1 saturated heterocycles. The van der Waals surface area contributed by atoms with Crippen LogP contribution in [0.4, 0.5) is 10.1 Å². The van der Waals surface area contributed by atoms with E-state index in [-0.39, 0.29) is 23.1 Å². The van der Waals surface area contributed by atoms with Gasteiger partial charge in [0.05, 0.1) is 14.2 Å². The minimum atomic E-state index is -4.03. The molecule has 0 radical (unpaired) electrons. The van der Waals surface area contributed by atoms with Crippen LogP contribution in [0.5, 0.6) is 11.5 Å². The quantitative estimate of drug-likeness (QED) is 0.777. The standard InChI is InChI=1S/C20H21FN2O5S/c1-27-16-6-7-17(28-2)18(11-16)29(25,26)23-9-8-13-12-20(13,23)19(24)22-15-5-3-4-14(21)10-15/h3-7,10-11,13H,8-9,12H2,1-2H3,(H,22,24). The first kappa shape index (κ1) is 19.7. The highest BCUT2D eigenvalue weighted by atomic mass is 32.2. The Labute approximate surface area is 168 Å². The molecule has 154 valence electrons. The summed E-state index contributed by atoms with van der Waals surface area (Å²) in [4.78, 5) is 13.0. The van der Waals surface area contributed by atoms with Gasteiger partial charge in [0.1, 0.15) is 27.8 Å². The molecule has 1 heterocycles. The number of carbonyl (C=O) groups is 1. The number of halogens is 1. The highest BCUT2D eigenvalue weighted by Gasteiger charge is 2.70. The predicted molar refractivity (Wildman–Crippen MR) is 104 cm³/mol. The third-order valence-corrected chi connectivity index (χ3v) is 7.58. The number of benzene rings is 2. The summed E-state index contributed by atoms with van der Waals surface area (Å²) in [7, 11) is -1.20. The molecule has 1 N–H and O–H groups in total. The lowest BCUT2D eigenvalue weighted by molar-refractivity contribution is -0.120. The number of anilines is 1. The van der Waals surface area contributed by atoms with Crippen LogP contribution in [0.3, 0.4) is 0 Å². The summed E-state index contributed by atoms with van der Waals surface area (Å²) in [5, 5.41) is 2.67. The van der Waals surface area contributed by atoms with Crippen LogP contribution < -0.4 is 14.8 Å². The van der Waals surface area contributed by atoms with Crippen molar-refractivity contribution in [3.05, 3.63) is 48.3 Å². The number of methoxy groups -OCH3 is 2. The Morgan fingerprint density at radius 3 is 2.66 bits per heavy atom. The fourth-order valence-corrected chi connectivity index (χ4v) is 6.06. The molecule has 1 aliphatic heterocycles. The number of rotatable bonds is 6. The van der Waals surface area contributed by atoms with Gasteiger partial charge in [0, 0.05) is 18.3 Å². The predicted octanol–water partition coefficient (Wildman–Crippen LogP) is 2.63. The Kier molecular flexibility index (Phi) is 4.74. The smallest absolute Gasteiger partial charge is 0.247 e. The second kappa shape index (κ2) is 7.00. The number of nitrogens with zero attached hydrogens (tertiary/aromatic N) is 1. The van der Waals surface area contributed by atoms with E-state index in [1.807, 2.05) is 0 Å².